The molecule has 4 aromatic heterocycles. The molecule has 0 saturated heterocycles. The number of ketones is 1. The number of nitrogens with zero attached hydrogens (tertiary/aromatic N) is 3. The molecule has 0 spiro atoms. The van der Waals surface area contributed by atoms with Gasteiger partial charge in [0.05, 0.1) is 7.11 Å². The molecule has 0 aliphatic heterocycles. The molecule has 2 N–H and O–H groups in total. The number of aromatic amines is 2. The Kier molecular flexibility index (Phi) is 4.19. The Balaban J connectivity index is 1.60. The average Bonchev–Trinajstić information content (AvgIpc) is 3.25. The Bertz CT molecular complexity index is 1130. The molecule has 0 fully saturated rings. The third-order valence-electron chi connectivity index (χ3n) is 4.67. The van der Waals surface area contributed by atoms with Crippen molar-refractivity contribution in [2.75, 3.05) is 7.11 Å². The predicted molar refractivity (Wildman–Crippen MR) is 102 cm³/mol. The van der Waals surface area contributed by atoms with Gasteiger partial charge in [-0.1, -0.05) is 0 Å². The summed E-state index contributed by atoms with van der Waals surface area (Å²) >= 11 is 0. The number of rotatable bonds is 5. The summed E-state index contributed by atoms with van der Waals surface area (Å²) in [5, 5.41) is 7.92. The number of aromatic nitrogens is 5. The molecule has 0 aliphatic carbocycles. The first-order chi connectivity index (χ1) is 13.0. The lowest BCUT2D eigenvalue weighted by molar-refractivity contribution is 0.0987. The normalized spacial score (nSPS) is 11.1. The Morgan fingerprint density at radius 2 is 2.00 bits per heavy atom. The first-order valence-electron chi connectivity index (χ1n) is 8.58. The Morgan fingerprint density at radius 3 is 2.67 bits per heavy atom. The number of methoxy groups -OCH3 is 1. The van der Waals surface area contributed by atoms with Crippen LogP contribution < -0.4 is 4.74 Å². The van der Waals surface area contributed by atoms with Gasteiger partial charge < -0.3 is 9.72 Å². The second-order valence-corrected chi connectivity index (χ2v) is 6.48. The lowest BCUT2D eigenvalue weighted by Crippen LogP contribution is -2.06. The van der Waals surface area contributed by atoms with Crippen LogP contribution in [0.1, 0.15) is 27.3 Å². The lowest BCUT2D eigenvalue weighted by atomic mass is 10.0. The number of carbonyl (C=O) groups is 1. The van der Waals surface area contributed by atoms with Crippen molar-refractivity contribution in [3.8, 4) is 17.1 Å². The zero-order valence-electron chi connectivity index (χ0n) is 15.3. The molecule has 4 rings (SSSR count). The molecule has 0 saturated carbocycles. The number of hydrogen-bond acceptors (Lipinski definition) is 5. The van der Waals surface area contributed by atoms with Gasteiger partial charge in [-0.25, -0.2) is 9.97 Å². The summed E-state index contributed by atoms with van der Waals surface area (Å²) in [4.78, 5) is 24.5. The molecular weight excluding hydrogens is 342 g/mol. The standard InChI is InChI=1S/C20H19N5O2/c1-11-12(2)24-25-19(11)17(26)7-13-6-15-8-16(23-20(15)22-9-13)14-4-5-18(27-3)21-10-14/h4-6,8-10H,7H2,1-3H3,(H,22,23)(H,24,25). The van der Waals surface area contributed by atoms with Crippen molar-refractivity contribution in [1.29, 1.82) is 0 Å². The van der Waals surface area contributed by atoms with E-state index in [4.69, 9.17) is 4.74 Å². The molecule has 7 nitrogen and oxygen atoms in total. The highest BCUT2D eigenvalue weighted by Crippen LogP contribution is 2.24. The van der Waals surface area contributed by atoms with Crippen LogP contribution in [0.4, 0.5) is 0 Å². The number of carbonyl (C=O) groups excluding carboxylic acids is 1. The maximum absolute atomic E-state index is 12.5. The quantitative estimate of drug-likeness (QED) is 0.531. The summed E-state index contributed by atoms with van der Waals surface area (Å²) in [6.45, 7) is 3.80. The van der Waals surface area contributed by atoms with Crippen LogP contribution in [0.25, 0.3) is 22.3 Å². The number of hydrogen-bond donors (Lipinski definition) is 2. The fourth-order valence-corrected chi connectivity index (χ4v) is 3.00. The number of pyridine rings is 2. The molecule has 0 aromatic carbocycles. The number of ether oxygens (including phenoxy) is 1. The number of Topliss-reactive ketones (excluding diaryl/α,β-unsaturated/α-hetero) is 1. The molecule has 27 heavy (non-hydrogen) atoms. The van der Waals surface area contributed by atoms with Crippen LogP contribution in [-0.4, -0.2) is 38.0 Å². The van der Waals surface area contributed by atoms with Gasteiger partial charge in [-0.15, -0.1) is 0 Å². The second-order valence-electron chi connectivity index (χ2n) is 6.48. The summed E-state index contributed by atoms with van der Waals surface area (Å²) in [5.74, 6) is 0.547. The molecule has 0 amide bonds. The van der Waals surface area contributed by atoms with Crippen LogP contribution in [-0.2, 0) is 6.42 Å². The zero-order valence-corrected chi connectivity index (χ0v) is 15.3. The van der Waals surface area contributed by atoms with E-state index in [2.05, 4.69) is 25.1 Å². The van der Waals surface area contributed by atoms with Crippen molar-refractivity contribution in [3.05, 3.63) is 59.2 Å². The monoisotopic (exact) mass is 361 g/mol. The number of H-pyrrole nitrogens is 2. The minimum atomic E-state index is -0.0203. The molecule has 0 radical (unpaired) electrons. The fraction of sp³-hybridized carbons (Fsp3) is 0.200. The van der Waals surface area contributed by atoms with Gasteiger partial charge in [-0.3, -0.25) is 9.89 Å². The molecule has 0 unspecified atom stereocenters. The van der Waals surface area contributed by atoms with Gasteiger partial charge in [0.15, 0.2) is 5.78 Å². The average molecular weight is 361 g/mol. The first kappa shape index (κ1) is 17.0. The highest BCUT2D eigenvalue weighted by molar-refractivity contribution is 5.97. The largest absolute Gasteiger partial charge is 0.481 e. The van der Waals surface area contributed by atoms with E-state index in [0.717, 1.165) is 39.1 Å². The van der Waals surface area contributed by atoms with Crippen LogP contribution in [0.3, 0.4) is 0 Å². The maximum atomic E-state index is 12.5. The van der Waals surface area contributed by atoms with Crippen LogP contribution in [0, 0.1) is 13.8 Å². The van der Waals surface area contributed by atoms with Crippen molar-refractivity contribution in [3.63, 3.8) is 0 Å². The third kappa shape index (κ3) is 3.19. The van der Waals surface area contributed by atoms with Crippen molar-refractivity contribution < 1.29 is 9.53 Å². The Hall–Kier alpha value is -3.48. The predicted octanol–water partition coefficient (Wildman–Crippen LogP) is 3.40. The highest BCUT2D eigenvalue weighted by Gasteiger charge is 2.15. The zero-order chi connectivity index (χ0) is 19.0. The smallest absolute Gasteiger partial charge is 0.212 e. The van der Waals surface area contributed by atoms with Gasteiger partial charge in [0.2, 0.25) is 5.88 Å². The van der Waals surface area contributed by atoms with E-state index in [-0.39, 0.29) is 12.2 Å². The van der Waals surface area contributed by atoms with Crippen molar-refractivity contribution in [2.24, 2.45) is 0 Å². The van der Waals surface area contributed by atoms with Crippen LogP contribution in [0.5, 0.6) is 5.88 Å². The SMILES string of the molecule is COc1ccc(-c2cc3cc(CC(=O)c4n[nH]c(C)c4C)cnc3[nH]2)cn1. The molecule has 7 heteroatoms. The lowest BCUT2D eigenvalue weighted by Gasteiger charge is -2.00. The van der Waals surface area contributed by atoms with Crippen LogP contribution >= 0.6 is 0 Å². The van der Waals surface area contributed by atoms with Crippen molar-refractivity contribution in [2.45, 2.75) is 20.3 Å². The van der Waals surface area contributed by atoms with Crippen molar-refractivity contribution in [1.82, 2.24) is 25.1 Å². The molecule has 0 bridgehead atoms. The van der Waals surface area contributed by atoms with E-state index in [1.54, 1.807) is 19.5 Å². The van der Waals surface area contributed by atoms with Crippen molar-refractivity contribution >= 4 is 16.8 Å². The van der Waals surface area contributed by atoms with Crippen LogP contribution in [0.2, 0.25) is 0 Å². The molecule has 0 atom stereocenters. The van der Waals surface area contributed by atoms with Gasteiger partial charge in [-0.2, -0.15) is 5.10 Å². The number of nitrogens with one attached hydrogen (secondary N) is 2. The summed E-state index contributed by atoms with van der Waals surface area (Å²) in [6.07, 6.45) is 3.73. The summed E-state index contributed by atoms with van der Waals surface area (Å²) in [6, 6.07) is 7.73. The van der Waals surface area contributed by atoms with E-state index < -0.39 is 0 Å². The van der Waals surface area contributed by atoms with Gasteiger partial charge in [0.1, 0.15) is 11.3 Å². The summed E-state index contributed by atoms with van der Waals surface area (Å²) < 4.78 is 5.09. The fourth-order valence-electron chi connectivity index (χ4n) is 3.00. The minimum absolute atomic E-state index is 0.0203. The number of aryl methyl sites for hydroxylation is 1. The summed E-state index contributed by atoms with van der Waals surface area (Å²) in [7, 11) is 1.59. The van der Waals surface area contributed by atoms with Gasteiger partial charge in [-0.05, 0) is 37.6 Å². The van der Waals surface area contributed by atoms with E-state index in [9.17, 15) is 4.79 Å². The topological polar surface area (TPSA) is 96.5 Å². The maximum Gasteiger partial charge on any atom is 0.212 e. The highest BCUT2D eigenvalue weighted by atomic mass is 16.5. The molecule has 0 aliphatic rings. The minimum Gasteiger partial charge on any atom is -0.481 e. The molecule has 4 heterocycles. The van der Waals surface area contributed by atoms with E-state index in [1.165, 1.54) is 0 Å². The van der Waals surface area contributed by atoms with E-state index >= 15 is 0 Å². The van der Waals surface area contributed by atoms with E-state index in [1.807, 2.05) is 38.1 Å². The molecular formula is C20H19N5O2. The van der Waals surface area contributed by atoms with Crippen LogP contribution in [0.15, 0.2) is 36.7 Å². The van der Waals surface area contributed by atoms with Gasteiger partial charge in [0.25, 0.3) is 0 Å². The first-order valence-corrected chi connectivity index (χ1v) is 8.58. The van der Waals surface area contributed by atoms with E-state index in [0.29, 0.717) is 11.6 Å². The second kappa shape index (κ2) is 6.68. The van der Waals surface area contributed by atoms with Gasteiger partial charge in [0, 0.05) is 52.8 Å². The molecule has 136 valence electrons. The summed E-state index contributed by atoms with van der Waals surface area (Å²) in [5.41, 5.74) is 5.77. The van der Waals surface area contributed by atoms with Gasteiger partial charge >= 0.3 is 0 Å². The Morgan fingerprint density at radius 1 is 1.15 bits per heavy atom. The third-order valence-corrected chi connectivity index (χ3v) is 4.67. The number of fused-ring (bicyclic) bond motifs is 1. The Labute approximate surface area is 155 Å². The molecule has 4 aromatic rings.